The molecule has 0 aliphatic heterocycles. The molecule has 0 aromatic carbocycles. The van der Waals surface area contributed by atoms with Crippen LogP contribution in [0.15, 0.2) is 23.5 Å². The van der Waals surface area contributed by atoms with E-state index in [0.717, 1.165) is 11.4 Å². The zero-order valence-electron chi connectivity index (χ0n) is 8.77. The summed E-state index contributed by atoms with van der Waals surface area (Å²) in [6.45, 7) is 5.83. The summed E-state index contributed by atoms with van der Waals surface area (Å²) < 4.78 is 0. The lowest BCUT2D eigenvalue weighted by Crippen LogP contribution is -2.22. The van der Waals surface area contributed by atoms with Crippen molar-refractivity contribution in [3.05, 3.63) is 23.5 Å². The predicted octanol–water partition coefficient (Wildman–Crippen LogP) is 1.54. The first-order valence-corrected chi connectivity index (χ1v) is 4.39. The van der Waals surface area contributed by atoms with E-state index in [4.69, 9.17) is 0 Å². The van der Waals surface area contributed by atoms with Crippen LogP contribution in [-0.4, -0.2) is 13.0 Å². The number of rotatable bonds is 4. The molecular formula is C10H18N2O. The van der Waals surface area contributed by atoms with Crippen molar-refractivity contribution in [3.63, 3.8) is 0 Å². The van der Waals surface area contributed by atoms with E-state index in [1.807, 2.05) is 32.9 Å². The Balaban J connectivity index is 4.14. The van der Waals surface area contributed by atoms with E-state index < -0.39 is 0 Å². The van der Waals surface area contributed by atoms with Crippen LogP contribution in [0, 0.1) is 0 Å². The van der Waals surface area contributed by atoms with E-state index in [9.17, 15) is 4.79 Å². The van der Waals surface area contributed by atoms with E-state index in [0.29, 0.717) is 6.42 Å². The maximum atomic E-state index is 11.0. The Labute approximate surface area is 79.9 Å². The highest BCUT2D eigenvalue weighted by molar-refractivity contribution is 5.78. The SMILES string of the molecule is C/C=C(/CC(=O)NC)N/C(C)=C/C. The van der Waals surface area contributed by atoms with Crippen molar-refractivity contribution in [3.8, 4) is 0 Å². The number of hydrogen-bond acceptors (Lipinski definition) is 2. The van der Waals surface area contributed by atoms with E-state index in [1.165, 1.54) is 0 Å². The molecular weight excluding hydrogens is 164 g/mol. The van der Waals surface area contributed by atoms with Crippen LogP contribution in [0.3, 0.4) is 0 Å². The summed E-state index contributed by atoms with van der Waals surface area (Å²) >= 11 is 0. The van der Waals surface area contributed by atoms with E-state index in [-0.39, 0.29) is 5.91 Å². The number of nitrogens with one attached hydrogen (secondary N) is 2. The van der Waals surface area contributed by atoms with E-state index in [2.05, 4.69) is 10.6 Å². The van der Waals surface area contributed by atoms with E-state index >= 15 is 0 Å². The van der Waals surface area contributed by atoms with Crippen LogP contribution < -0.4 is 10.6 Å². The molecule has 0 aromatic rings. The number of allylic oxidation sites excluding steroid dienone is 3. The second-order valence-corrected chi connectivity index (χ2v) is 2.76. The molecule has 0 aliphatic carbocycles. The molecule has 0 aliphatic rings. The molecule has 0 saturated carbocycles. The van der Waals surface area contributed by atoms with Gasteiger partial charge in [-0.1, -0.05) is 12.2 Å². The molecule has 0 unspecified atom stereocenters. The number of carbonyl (C=O) groups is 1. The molecule has 3 nitrogen and oxygen atoms in total. The normalized spacial score (nSPS) is 12.6. The molecule has 0 spiro atoms. The first kappa shape index (κ1) is 11.8. The van der Waals surface area contributed by atoms with Gasteiger partial charge in [-0.05, 0) is 20.8 Å². The summed E-state index contributed by atoms with van der Waals surface area (Å²) in [6.07, 6.45) is 4.27. The van der Waals surface area contributed by atoms with Crippen molar-refractivity contribution in [2.75, 3.05) is 7.05 Å². The molecule has 2 N–H and O–H groups in total. The third kappa shape index (κ3) is 5.06. The Bertz CT molecular complexity index is 229. The molecule has 0 fully saturated rings. The van der Waals surface area contributed by atoms with Crippen molar-refractivity contribution >= 4 is 5.91 Å². The maximum Gasteiger partial charge on any atom is 0.225 e. The van der Waals surface area contributed by atoms with Crippen LogP contribution in [0.5, 0.6) is 0 Å². The standard InChI is InChI=1S/C10H18N2O/c1-5-8(3)12-9(6-2)7-10(13)11-4/h5-6,12H,7H2,1-4H3,(H,11,13)/b8-5+,9-6-. The fourth-order valence-corrected chi connectivity index (χ4v) is 0.805. The van der Waals surface area contributed by atoms with Gasteiger partial charge in [0.05, 0.1) is 6.42 Å². The molecule has 0 radical (unpaired) electrons. The number of amides is 1. The van der Waals surface area contributed by atoms with Crippen molar-refractivity contribution < 1.29 is 4.79 Å². The summed E-state index contributed by atoms with van der Waals surface area (Å²) in [5.41, 5.74) is 1.98. The first-order chi connectivity index (χ1) is 6.13. The molecule has 0 bridgehead atoms. The Hall–Kier alpha value is -1.25. The van der Waals surface area contributed by atoms with Gasteiger partial charge >= 0.3 is 0 Å². The molecule has 0 aromatic heterocycles. The number of hydrogen-bond donors (Lipinski definition) is 2. The third-order valence-corrected chi connectivity index (χ3v) is 1.77. The predicted molar refractivity (Wildman–Crippen MR) is 55.0 cm³/mol. The second-order valence-electron chi connectivity index (χ2n) is 2.76. The maximum absolute atomic E-state index is 11.0. The lowest BCUT2D eigenvalue weighted by Gasteiger charge is -2.09. The quantitative estimate of drug-likeness (QED) is 0.692. The molecule has 0 heterocycles. The van der Waals surface area contributed by atoms with Crippen molar-refractivity contribution in [2.45, 2.75) is 27.2 Å². The highest BCUT2D eigenvalue weighted by Gasteiger charge is 2.02. The summed E-state index contributed by atoms with van der Waals surface area (Å²) in [5, 5.41) is 5.72. The largest absolute Gasteiger partial charge is 0.363 e. The fourth-order valence-electron chi connectivity index (χ4n) is 0.805. The monoisotopic (exact) mass is 182 g/mol. The van der Waals surface area contributed by atoms with Crippen LogP contribution in [0.25, 0.3) is 0 Å². The second kappa shape index (κ2) is 6.29. The Morgan fingerprint density at radius 2 is 1.92 bits per heavy atom. The summed E-state index contributed by atoms with van der Waals surface area (Å²) in [4.78, 5) is 11.0. The summed E-state index contributed by atoms with van der Waals surface area (Å²) in [7, 11) is 1.64. The molecule has 1 amide bonds. The Kier molecular flexibility index (Phi) is 5.68. The summed E-state index contributed by atoms with van der Waals surface area (Å²) in [5.74, 6) is 0.0181. The van der Waals surface area contributed by atoms with Gasteiger partial charge in [-0.2, -0.15) is 0 Å². The smallest absolute Gasteiger partial charge is 0.225 e. The van der Waals surface area contributed by atoms with Crippen molar-refractivity contribution in [1.29, 1.82) is 0 Å². The van der Waals surface area contributed by atoms with Gasteiger partial charge in [-0.15, -0.1) is 0 Å². The molecule has 3 heteroatoms. The van der Waals surface area contributed by atoms with Gasteiger partial charge in [0.15, 0.2) is 0 Å². The third-order valence-electron chi connectivity index (χ3n) is 1.77. The molecule has 0 saturated heterocycles. The lowest BCUT2D eigenvalue weighted by molar-refractivity contribution is -0.120. The molecule has 74 valence electrons. The molecule has 0 atom stereocenters. The lowest BCUT2D eigenvalue weighted by atomic mass is 10.2. The first-order valence-electron chi connectivity index (χ1n) is 4.39. The van der Waals surface area contributed by atoms with Crippen LogP contribution in [0.2, 0.25) is 0 Å². The van der Waals surface area contributed by atoms with Gasteiger partial charge in [0.2, 0.25) is 5.91 Å². The average Bonchev–Trinajstić information content (AvgIpc) is 2.16. The van der Waals surface area contributed by atoms with Gasteiger partial charge in [-0.25, -0.2) is 0 Å². The number of carbonyl (C=O) groups excluding carboxylic acids is 1. The van der Waals surface area contributed by atoms with Crippen LogP contribution in [0.1, 0.15) is 27.2 Å². The van der Waals surface area contributed by atoms with Gasteiger partial charge in [-0.3, -0.25) is 4.79 Å². The van der Waals surface area contributed by atoms with Crippen molar-refractivity contribution in [1.82, 2.24) is 10.6 Å². The highest BCUT2D eigenvalue weighted by atomic mass is 16.1. The van der Waals surface area contributed by atoms with Gasteiger partial charge < -0.3 is 10.6 Å². The topological polar surface area (TPSA) is 41.1 Å². The van der Waals surface area contributed by atoms with Gasteiger partial charge in [0.25, 0.3) is 0 Å². The minimum absolute atomic E-state index is 0.0181. The van der Waals surface area contributed by atoms with Crippen molar-refractivity contribution in [2.24, 2.45) is 0 Å². The minimum Gasteiger partial charge on any atom is -0.363 e. The van der Waals surface area contributed by atoms with Crippen LogP contribution in [-0.2, 0) is 4.79 Å². The average molecular weight is 182 g/mol. The van der Waals surface area contributed by atoms with Gasteiger partial charge in [0.1, 0.15) is 0 Å². The minimum atomic E-state index is 0.0181. The zero-order valence-corrected chi connectivity index (χ0v) is 8.77. The highest BCUT2D eigenvalue weighted by Crippen LogP contribution is 2.00. The Morgan fingerprint density at radius 3 is 2.31 bits per heavy atom. The van der Waals surface area contributed by atoms with Crippen LogP contribution in [0.4, 0.5) is 0 Å². The van der Waals surface area contributed by atoms with E-state index in [1.54, 1.807) is 7.05 Å². The van der Waals surface area contributed by atoms with Crippen LogP contribution >= 0.6 is 0 Å². The molecule has 13 heavy (non-hydrogen) atoms. The molecule has 0 rings (SSSR count). The zero-order chi connectivity index (χ0) is 10.3. The fraction of sp³-hybridized carbons (Fsp3) is 0.500. The Morgan fingerprint density at radius 1 is 1.31 bits per heavy atom. The van der Waals surface area contributed by atoms with Gasteiger partial charge in [0, 0.05) is 18.4 Å². The summed E-state index contributed by atoms with van der Waals surface area (Å²) in [6, 6.07) is 0.